The van der Waals surface area contributed by atoms with E-state index in [1.807, 2.05) is 7.05 Å². The molecule has 4 nitrogen and oxygen atoms in total. The number of hydrogen-bond acceptors (Lipinski definition) is 4. The van der Waals surface area contributed by atoms with Crippen molar-refractivity contribution in [2.75, 3.05) is 40.3 Å². The molecule has 0 spiro atoms. The predicted octanol–water partition coefficient (Wildman–Crippen LogP) is 2.27. The molecule has 1 heterocycles. The van der Waals surface area contributed by atoms with Crippen LogP contribution in [0.1, 0.15) is 11.6 Å². The second-order valence-electron chi connectivity index (χ2n) is 6.62. The van der Waals surface area contributed by atoms with Crippen LogP contribution >= 0.6 is 0 Å². The number of benzene rings is 2. The van der Waals surface area contributed by atoms with Gasteiger partial charge in [-0.05, 0) is 30.8 Å². The normalized spacial score (nSPS) is 20.6. The molecule has 3 rings (SSSR count). The molecular weight excluding hydrogens is 296 g/mol. The van der Waals surface area contributed by atoms with Crippen molar-refractivity contribution in [3.8, 4) is 11.1 Å². The van der Waals surface area contributed by atoms with Crippen LogP contribution in [0.5, 0.6) is 0 Å². The molecule has 4 heteroatoms. The van der Waals surface area contributed by atoms with Crippen LogP contribution in [0.15, 0.2) is 54.6 Å². The van der Waals surface area contributed by atoms with E-state index in [1.54, 1.807) is 0 Å². The van der Waals surface area contributed by atoms with Crippen LogP contribution in [0.2, 0.25) is 0 Å². The Bertz CT molecular complexity index is 611. The van der Waals surface area contributed by atoms with Crippen molar-refractivity contribution in [1.29, 1.82) is 0 Å². The second-order valence-corrected chi connectivity index (χ2v) is 6.62. The molecule has 0 amide bonds. The maximum absolute atomic E-state index is 3.45. The molecule has 1 saturated heterocycles. The molecule has 24 heavy (non-hydrogen) atoms. The van der Waals surface area contributed by atoms with Crippen molar-refractivity contribution >= 4 is 0 Å². The van der Waals surface area contributed by atoms with E-state index in [4.69, 9.17) is 0 Å². The summed E-state index contributed by atoms with van der Waals surface area (Å²) in [6, 6.07) is 19.9. The van der Waals surface area contributed by atoms with Gasteiger partial charge in [-0.3, -0.25) is 5.43 Å². The smallest absolute Gasteiger partial charge is 0.0515 e. The Morgan fingerprint density at radius 1 is 1.04 bits per heavy atom. The average Bonchev–Trinajstić information content (AvgIpc) is 3.09. The van der Waals surface area contributed by atoms with Crippen molar-refractivity contribution in [3.05, 3.63) is 60.2 Å². The Labute approximate surface area is 145 Å². The van der Waals surface area contributed by atoms with E-state index in [9.17, 15) is 0 Å². The highest BCUT2D eigenvalue weighted by Crippen LogP contribution is 2.28. The average molecular weight is 324 g/mol. The molecule has 0 saturated carbocycles. The maximum atomic E-state index is 3.45. The maximum Gasteiger partial charge on any atom is 0.0515 e. The Balaban J connectivity index is 1.66. The first-order valence-corrected chi connectivity index (χ1v) is 8.75. The fourth-order valence-electron chi connectivity index (χ4n) is 3.37. The van der Waals surface area contributed by atoms with Gasteiger partial charge in [-0.15, -0.1) is 0 Å². The molecule has 3 N–H and O–H groups in total. The summed E-state index contributed by atoms with van der Waals surface area (Å²) >= 11 is 0. The summed E-state index contributed by atoms with van der Waals surface area (Å²) in [6.07, 6.45) is 0. The van der Waals surface area contributed by atoms with Gasteiger partial charge in [0, 0.05) is 32.1 Å². The van der Waals surface area contributed by atoms with Gasteiger partial charge in [-0.1, -0.05) is 54.6 Å². The van der Waals surface area contributed by atoms with Gasteiger partial charge in [0.05, 0.1) is 6.04 Å². The molecule has 1 aliphatic rings. The topological polar surface area (TPSA) is 39.3 Å². The molecule has 128 valence electrons. The van der Waals surface area contributed by atoms with Gasteiger partial charge in [0.1, 0.15) is 0 Å². The fourth-order valence-corrected chi connectivity index (χ4v) is 3.37. The lowest BCUT2D eigenvalue weighted by atomic mass is 9.93. The number of hydrazine groups is 1. The van der Waals surface area contributed by atoms with E-state index in [0.717, 1.165) is 26.2 Å². The standard InChI is InChI=1S/C20H28N4/c1-21-12-13-24(2)15-19-14-22-23-20(19)18-10-8-17(9-11-18)16-6-4-3-5-7-16/h3-11,19-23H,12-15H2,1-2H3. The third kappa shape index (κ3) is 4.22. The zero-order valence-electron chi connectivity index (χ0n) is 14.6. The van der Waals surface area contributed by atoms with Crippen molar-refractivity contribution < 1.29 is 0 Å². The molecule has 2 aromatic rings. The first-order valence-electron chi connectivity index (χ1n) is 8.75. The molecule has 0 radical (unpaired) electrons. The summed E-state index contributed by atoms with van der Waals surface area (Å²) in [6.45, 7) is 4.20. The molecule has 2 aromatic carbocycles. The Hall–Kier alpha value is -1.72. The molecule has 2 unspecified atom stereocenters. The van der Waals surface area contributed by atoms with Crippen LogP contribution in [-0.4, -0.2) is 45.2 Å². The van der Waals surface area contributed by atoms with Crippen LogP contribution in [0.3, 0.4) is 0 Å². The molecular formula is C20H28N4. The van der Waals surface area contributed by atoms with Gasteiger partial charge in [-0.25, -0.2) is 5.43 Å². The van der Waals surface area contributed by atoms with Crippen LogP contribution < -0.4 is 16.2 Å². The molecule has 0 aliphatic carbocycles. The van der Waals surface area contributed by atoms with Crippen LogP contribution in [0.25, 0.3) is 11.1 Å². The van der Waals surface area contributed by atoms with E-state index >= 15 is 0 Å². The Morgan fingerprint density at radius 2 is 1.75 bits per heavy atom. The van der Waals surface area contributed by atoms with Gasteiger partial charge >= 0.3 is 0 Å². The van der Waals surface area contributed by atoms with Crippen molar-refractivity contribution in [3.63, 3.8) is 0 Å². The van der Waals surface area contributed by atoms with Gasteiger partial charge in [-0.2, -0.15) is 0 Å². The van der Waals surface area contributed by atoms with E-state index < -0.39 is 0 Å². The van der Waals surface area contributed by atoms with Crippen LogP contribution in [0, 0.1) is 5.92 Å². The SMILES string of the molecule is CNCCN(C)CC1CNNC1c1ccc(-c2ccccc2)cc1. The zero-order valence-corrected chi connectivity index (χ0v) is 14.6. The lowest BCUT2D eigenvalue weighted by Gasteiger charge is -2.25. The summed E-state index contributed by atoms with van der Waals surface area (Å²) in [7, 11) is 4.20. The van der Waals surface area contributed by atoms with Crippen molar-refractivity contribution in [1.82, 2.24) is 21.1 Å². The molecule has 0 bridgehead atoms. The minimum Gasteiger partial charge on any atom is -0.318 e. The van der Waals surface area contributed by atoms with Gasteiger partial charge in [0.25, 0.3) is 0 Å². The van der Waals surface area contributed by atoms with Crippen molar-refractivity contribution in [2.24, 2.45) is 5.92 Å². The highest BCUT2D eigenvalue weighted by molar-refractivity contribution is 5.63. The van der Waals surface area contributed by atoms with Crippen LogP contribution in [-0.2, 0) is 0 Å². The third-order valence-electron chi connectivity index (χ3n) is 4.76. The minimum atomic E-state index is 0.367. The van der Waals surface area contributed by atoms with E-state index in [0.29, 0.717) is 12.0 Å². The van der Waals surface area contributed by atoms with E-state index in [2.05, 4.69) is 82.7 Å². The Morgan fingerprint density at radius 3 is 2.46 bits per heavy atom. The Kier molecular flexibility index (Phi) is 5.99. The first-order chi connectivity index (χ1) is 11.8. The summed E-state index contributed by atoms with van der Waals surface area (Å²) < 4.78 is 0. The van der Waals surface area contributed by atoms with Gasteiger partial charge < -0.3 is 10.2 Å². The number of nitrogens with one attached hydrogen (secondary N) is 3. The summed E-state index contributed by atoms with van der Waals surface area (Å²) in [4.78, 5) is 2.40. The lowest BCUT2D eigenvalue weighted by molar-refractivity contribution is 0.270. The number of likely N-dealkylation sites (N-methyl/N-ethyl adjacent to an activating group) is 2. The lowest BCUT2D eigenvalue weighted by Crippen LogP contribution is -2.34. The third-order valence-corrected chi connectivity index (χ3v) is 4.76. The monoisotopic (exact) mass is 324 g/mol. The largest absolute Gasteiger partial charge is 0.318 e. The highest BCUT2D eigenvalue weighted by Gasteiger charge is 2.28. The van der Waals surface area contributed by atoms with Gasteiger partial charge in [0.2, 0.25) is 0 Å². The van der Waals surface area contributed by atoms with E-state index in [1.165, 1.54) is 16.7 Å². The fraction of sp³-hybridized carbons (Fsp3) is 0.400. The number of hydrogen-bond donors (Lipinski definition) is 3. The molecule has 0 aromatic heterocycles. The molecule has 1 aliphatic heterocycles. The minimum absolute atomic E-state index is 0.367. The first kappa shape index (κ1) is 17.1. The number of nitrogens with zero attached hydrogens (tertiary/aromatic N) is 1. The van der Waals surface area contributed by atoms with Crippen molar-refractivity contribution in [2.45, 2.75) is 6.04 Å². The molecule has 1 fully saturated rings. The number of rotatable bonds is 7. The zero-order chi connectivity index (χ0) is 16.8. The predicted molar refractivity (Wildman–Crippen MR) is 101 cm³/mol. The van der Waals surface area contributed by atoms with E-state index in [-0.39, 0.29) is 0 Å². The second kappa shape index (κ2) is 8.40. The molecule has 2 atom stereocenters. The highest BCUT2D eigenvalue weighted by atomic mass is 15.4. The summed E-state index contributed by atoms with van der Waals surface area (Å²) in [5.74, 6) is 0.578. The summed E-state index contributed by atoms with van der Waals surface area (Å²) in [5, 5.41) is 3.22. The van der Waals surface area contributed by atoms with Crippen LogP contribution in [0.4, 0.5) is 0 Å². The summed E-state index contributed by atoms with van der Waals surface area (Å²) in [5.41, 5.74) is 10.7. The van der Waals surface area contributed by atoms with Gasteiger partial charge in [0.15, 0.2) is 0 Å². The quantitative estimate of drug-likeness (QED) is 0.731.